The summed E-state index contributed by atoms with van der Waals surface area (Å²) in [5.41, 5.74) is -1.18. The zero-order chi connectivity index (χ0) is 12.0. The van der Waals surface area contributed by atoms with Gasteiger partial charge in [-0.05, 0) is 19.3 Å². The van der Waals surface area contributed by atoms with Crippen LogP contribution in [0.25, 0.3) is 0 Å². The van der Waals surface area contributed by atoms with Gasteiger partial charge in [0.1, 0.15) is 5.60 Å². The molecule has 2 fully saturated rings. The second-order valence-corrected chi connectivity index (χ2v) is 5.15. The second kappa shape index (κ2) is 3.70. The van der Waals surface area contributed by atoms with Gasteiger partial charge in [0.25, 0.3) is 0 Å². The van der Waals surface area contributed by atoms with E-state index in [1.165, 1.54) is 7.11 Å². The van der Waals surface area contributed by atoms with Crippen LogP contribution in [0.3, 0.4) is 0 Å². The predicted octanol–water partition coefficient (Wildman–Crippen LogP) is 1.38. The quantitative estimate of drug-likeness (QED) is 0.541. The first-order valence-corrected chi connectivity index (χ1v) is 5.85. The average molecular weight is 228 g/mol. The van der Waals surface area contributed by atoms with E-state index in [9.17, 15) is 4.79 Å². The third kappa shape index (κ3) is 1.32. The zero-order valence-corrected chi connectivity index (χ0v) is 10.4. The summed E-state index contributed by atoms with van der Waals surface area (Å²) in [6.07, 6.45) is 0.960. The van der Waals surface area contributed by atoms with Crippen LogP contribution in [0.2, 0.25) is 0 Å². The molecule has 0 bridgehead atoms. The van der Waals surface area contributed by atoms with E-state index in [1.54, 1.807) is 0 Å². The first-order valence-electron chi connectivity index (χ1n) is 5.85. The largest absolute Gasteiger partial charge is 0.467 e. The van der Waals surface area contributed by atoms with E-state index in [4.69, 9.17) is 14.2 Å². The lowest BCUT2D eigenvalue weighted by Gasteiger charge is -2.21. The molecule has 2 heterocycles. The minimum atomic E-state index is -0.764. The molecular formula is C12H20O4. The van der Waals surface area contributed by atoms with Crippen LogP contribution in [0.15, 0.2) is 0 Å². The van der Waals surface area contributed by atoms with Gasteiger partial charge in [-0.1, -0.05) is 13.8 Å². The Balaban J connectivity index is 2.22. The Labute approximate surface area is 96.2 Å². The normalized spacial score (nSPS) is 42.4. The zero-order valence-electron chi connectivity index (χ0n) is 10.4. The molecular weight excluding hydrogens is 208 g/mol. The Morgan fingerprint density at radius 3 is 2.62 bits per heavy atom. The second-order valence-electron chi connectivity index (χ2n) is 5.15. The smallest absolute Gasteiger partial charge is 0.341 e. The number of hydrogen-bond donors (Lipinski definition) is 0. The van der Waals surface area contributed by atoms with Crippen molar-refractivity contribution in [2.75, 3.05) is 20.3 Å². The van der Waals surface area contributed by atoms with E-state index in [0.717, 1.165) is 13.0 Å². The van der Waals surface area contributed by atoms with Gasteiger partial charge in [-0.15, -0.1) is 0 Å². The molecule has 2 rings (SSSR count). The van der Waals surface area contributed by atoms with Gasteiger partial charge in [-0.2, -0.15) is 0 Å². The minimum Gasteiger partial charge on any atom is -0.467 e. The average Bonchev–Trinajstić information content (AvgIpc) is 2.69. The maximum Gasteiger partial charge on any atom is 0.341 e. The molecule has 3 atom stereocenters. The number of carbonyl (C=O) groups is 1. The molecule has 2 saturated heterocycles. The Morgan fingerprint density at radius 1 is 1.50 bits per heavy atom. The number of rotatable bonds is 3. The molecule has 0 aromatic rings. The van der Waals surface area contributed by atoms with Crippen LogP contribution in [0.1, 0.15) is 27.2 Å². The first kappa shape index (κ1) is 11.9. The van der Waals surface area contributed by atoms with E-state index >= 15 is 0 Å². The lowest BCUT2D eigenvalue weighted by atomic mass is 9.77. The minimum absolute atomic E-state index is 0.116. The third-order valence-corrected chi connectivity index (χ3v) is 4.08. The van der Waals surface area contributed by atoms with E-state index in [-0.39, 0.29) is 11.9 Å². The predicted molar refractivity (Wildman–Crippen MR) is 58.0 cm³/mol. The van der Waals surface area contributed by atoms with Crippen LogP contribution in [-0.2, 0) is 19.0 Å². The lowest BCUT2D eigenvalue weighted by molar-refractivity contribution is -0.148. The molecule has 4 heteroatoms. The van der Waals surface area contributed by atoms with Gasteiger partial charge in [0.2, 0.25) is 0 Å². The highest BCUT2D eigenvalue weighted by atomic mass is 16.7. The van der Waals surface area contributed by atoms with Crippen molar-refractivity contribution in [1.82, 2.24) is 0 Å². The Kier molecular flexibility index (Phi) is 2.75. The summed E-state index contributed by atoms with van der Waals surface area (Å²) in [7, 11) is 1.42. The molecule has 16 heavy (non-hydrogen) atoms. The van der Waals surface area contributed by atoms with Crippen molar-refractivity contribution in [3.63, 3.8) is 0 Å². The topological polar surface area (TPSA) is 48.1 Å². The lowest BCUT2D eigenvalue weighted by Crippen LogP contribution is -2.42. The van der Waals surface area contributed by atoms with E-state index < -0.39 is 11.2 Å². The Bertz CT molecular complexity index is 295. The summed E-state index contributed by atoms with van der Waals surface area (Å²) >= 11 is 0. The monoisotopic (exact) mass is 228 g/mol. The molecule has 0 saturated carbocycles. The summed E-state index contributed by atoms with van der Waals surface area (Å²) in [5, 5.41) is 0. The summed E-state index contributed by atoms with van der Waals surface area (Å²) in [4.78, 5) is 11.9. The molecule has 2 aliphatic rings. The SMILES string of the molecule is COC(=O)C1(C(C)C)OC1(C)C1CCOC1. The molecule has 0 aromatic carbocycles. The van der Waals surface area contributed by atoms with Gasteiger partial charge in [-0.25, -0.2) is 4.79 Å². The van der Waals surface area contributed by atoms with Crippen molar-refractivity contribution < 1.29 is 19.0 Å². The molecule has 0 N–H and O–H groups in total. The fourth-order valence-corrected chi connectivity index (χ4v) is 2.99. The van der Waals surface area contributed by atoms with Crippen molar-refractivity contribution in [3.05, 3.63) is 0 Å². The van der Waals surface area contributed by atoms with Crippen molar-refractivity contribution in [2.45, 2.75) is 38.4 Å². The van der Waals surface area contributed by atoms with Gasteiger partial charge in [0.15, 0.2) is 5.60 Å². The summed E-state index contributed by atoms with van der Waals surface area (Å²) in [6.45, 7) is 7.44. The van der Waals surface area contributed by atoms with Gasteiger partial charge in [-0.3, -0.25) is 0 Å². The Morgan fingerprint density at radius 2 is 2.19 bits per heavy atom. The first-order chi connectivity index (χ1) is 7.49. The fourth-order valence-electron chi connectivity index (χ4n) is 2.99. The Hall–Kier alpha value is -0.610. The van der Waals surface area contributed by atoms with E-state index in [2.05, 4.69) is 0 Å². The molecule has 3 unspecified atom stereocenters. The third-order valence-electron chi connectivity index (χ3n) is 4.08. The van der Waals surface area contributed by atoms with E-state index in [1.807, 2.05) is 20.8 Å². The summed E-state index contributed by atoms with van der Waals surface area (Å²) in [5.74, 6) is 0.163. The van der Waals surface area contributed by atoms with Crippen molar-refractivity contribution >= 4 is 5.97 Å². The van der Waals surface area contributed by atoms with Gasteiger partial charge in [0, 0.05) is 12.5 Å². The van der Waals surface area contributed by atoms with Crippen LogP contribution in [0.5, 0.6) is 0 Å². The van der Waals surface area contributed by atoms with E-state index in [0.29, 0.717) is 12.5 Å². The molecule has 0 aromatic heterocycles. The van der Waals surface area contributed by atoms with Crippen LogP contribution >= 0.6 is 0 Å². The fraction of sp³-hybridized carbons (Fsp3) is 0.917. The molecule has 0 amide bonds. The standard InChI is InChI=1S/C12H20O4/c1-8(2)12(10(13)14-4)11(3,16-12)9-5-6-15-7-9/h8-9H,5-7H2,1-4H3. The maximum atomic E-state index is 11.9. The molecule has 0 radical (unpaired) electrons. The maximum absolute atomic E-state index is 11.9. The van der Waals surface area contributed by atoms with Crippen LogP contribution < -0.4 is 0 Å². The van der Waals surface area contributed by atoms with Crippen molar-refractivity contribution in [3.8, 4) is 0 Å². The summed E-state index contributed by atoms with van der Waals surface area (Å²) < 4.78 is 16.1. The summed E-state index contributed by atoms with van der Waals surface area (Å²) in [6, 6.07) is 0. The number of methoxy groups -OCH3 is 1. The highest BCUT2D eigenvalue weighted by Crippen LogP contribution is 2.59. The number of epoxide rings is 1. The molecule has 0 aliphatic carbocycles. The van der Waals surface area contributed by atoms with Crippen LogP contribution in [0.4, 0.5) is 0 Å². The van der Waals surface area contributed by atoms with Gasteiger partial charge >= 0.3 is 5.97 Å². The number of ether oxygens (including phenoxy) is 3. The number of carbonyl (C=O) groups excluding carboxylic acids is 1. The molecule has 2 aliphatic heterocycles. The van der Waals surface area contributed by atoms with Gasteiger partial charge in [0.05, 0.1) is 13.7 Å². The molecule has 92 valence electrons. The molecule has 4 nitrogen and oxygen atoms in total. The van der Waals surface area contributed by atoms with Crippen molar-refractivity contribution in [2.24, 2.45) is 11.8 Å². The van der Waals surface area contributed by atoms with Gasteiger partial charge < -0.3 is 14.2 Å². The van der Waals surface area contributed by atoms with Crippen LogP contribution in [-0.4, -0.2) is 37.5 Å². The highest BCUT2D eigenvalue weighted by molar-refractivity contribution is 5.85. The number of esters is 1. The number of hydrogen-bond acceptors (Lipinski definition) is 4. The highest BCUT2D eigenvalue weighted by Gasteiger charge is 2.77. The molecule has 0 spiro atoms. The van der Waals surface area contributed by atoms with Crippen LogP contribution in [0, 0.1) is 11.8 Å². The van der Waals surface area contributed by atoms with Crippen molar-refractivity contribution in [1.29, 1.82) is 0 Å².